The maximum atomic E-state index is 13.4. The second-order valence-electron chi connectivity index (χ2n) is 9.04. The summed E-state index contributed by atoms with van der Waals surface area (Å²) < 4.78 is 1.79. The van der Waals surface area contributed by atoms with Crippen LogP contribution in [0.5, 0.6) is 0 Å². The maximum absolute atomic E-state index is 13.4. The summed E-state index contributed by atoms with van der Waals surface area (Å²) in [6.45, 7) is 3.78. The number of carbonyl (C=O) groups is 2. The van der Waals surface area contributed by atoms with E-state index < -0.39 is 5.25 Å². The standard InChI is InChI=1S/C27H32N4O3S/c1-4-19-11-5-9-15-22(19)28-24(32)17-30(3)25(33)18(2)35-27-29-23-16-10-8-14-21(23)26(34)31(27)20-12-6-7-13-20/h5,8-11,14-16,18,20H,4,6-7,12-13,17H2,1-3H3,(H,28,32)/t18-/m1/s1. The number of para-hydroxylation sites is 2. The minimum atomic E-state index is -0.503. The van der Waals surface area contributed by atoms with E-state index in [4.69, 9.17) is 4.98 Å². The van der Waals surface area contributed by atoms with Crippen molar-refractivity contribution in [2.45, 2.75) is 62.4 Å². The summed E-state index contributed by atoms with van der Waals surface area (Å²) in [5.41, 5.74) is 2.40. The molecule has 1 aliphatic carbocycles. The molecule has 2 aromatic carbocycles. The molecule has 2 amide bonds. The van der Waals surface area contributed by atoms with E-state index in [-0.39, 0.29) is 30.0 Å². The number of hydrogen-bond acceptors (Lipinski definition) is 5. The Morgan fingerprint density at radius 1 is 1.14 bits per heavy atom. The third-order valence-corrected chi connectivity index (χ3v) is 7.58. The van der Waals surface area contributed by atoms with Crippen molar-refractivity contribution in [2.75, 3.05) is 18.9 Å². The van der Waals surface area contributed by atoms with Gasteiger partial charge in [0.25, 0.3) is 5.56 Å². The monoisotopic (exact) mass is 492 g/mol. The van der Waals surface area contributed by atoms with Gasteiger partial charge in [0.1, 0.15) is 0 Å². The van der Waals surface area contributed by atoms with Crippen LogP contribution in [0.2, 0.25) is 0 Å². The lowest BCUT2D eigenvalue weighted by atomic mass is 10.1. The topological polar surface area (TPSA) is 84.3 Å². The number of rotatable bonds is 8. The smallest absolute Gasteiger partial charge is 0.262 e. The fourth-order valence-corrected chi connectivity index (χ4v) is 5.74. The largest absolute Gasteiger partial charge is 0.335 e. The Balaban J connectivity index is 1.49. The van der Waals surface area contributed by atoms with Gasteiger partial charge in [0.05, 0.1) is 22.7 Å². The van der Waals surface area contributed by atoms with Gasteiger partial charge in [-0.15, -0.1) is 0 Å². The molecule has 1 N–H and O–H groups in total. The van der Waals surface area contributed by atoms with Gasteiger partial charge in [-0.2, -0.15) is 0 Å². The van der Waals surface area contributed by atoms with E-state index in [2.05, 4.69) is 5.32 Å². The molecule has 1 aromatic heterocycles. The predicted octanol–water partition coefficient (Wildman–Crippen LogP) is 4.65. The van der Waals surface area contributed by atoms with Gasteiger partial charge in [-0.25, -0.2) is 4.98 Å². The molecule has 0 radical (unpaired) electrons. The van der Waals surface area contributed by atoms with Crippen molar-refractivity contribution >= 4 is 40.2 Å². The van der Waals surface area contributed by atoms with Crippen molar-refractivity contribution in [1.82, 2.24) is 14.5 Å². The molecule has 7 nitrogen and oxygen atoms in total. The Morgan fingerprint density at radius 3 is 2.57 bits per heavy atom. The van der Waals surface area contributed by atoms with E-state index in [1.54, 1.807) is 18.5 Å². The highest BCUT2D eigenvalue weighted by atomic mass is 32.2. The van der Waals surface area contributed by atoms with Gasteiger partial charge in [-0.3, -0.25) is 19.0 Å². The Kier molecular flexibility index (Phi) is 7.90. The van der Waals surface area contributed by atoms with Crippen molar-refractivity contribution in [2.24, 2.45) is 0 Å². The fraction of sp³-hybridized carbons (Fsp3) is 0.407. The molecule has 1 heterocycles. The first kappa shape index (κ1) is 25.0. The van der Waals surface area contributed by atoms with Gasteiger partial charge >= 0.3 is 0 Å². The van der Waals surface area contributed by atoms with Gasteiger partial charge in [-0.05, 0) is 49.9 Å². The van der Waals surface area contributed by atoms with E-state index in [0.29, 0.717) is 16.1 Å². The molecule has 0 bridgehead atoms. The van der Waals surface area contributed by atoms with Crippen LogP contribution in [0.25, 0.3) is 10.9 Å². The first-order chi connectivity index (χ1) is 16.9. The Bertz CT molecular complexity index is 1280. The number of anilines is 1. The van der Waals surface area contributed by atoms with Gasteiger partial charge in [0, 0.05) is 18.8 Å². The normalized spacial score (nSPS) is 14.7. The quantitative estimate of drug-likeness (QED) is 0.365. The van der Waals surface area contributed by atoms with Gasteiger partial charge in [-0.1, -0.05) is 61.9 Å². The molecule has 1 aliphatic rings. The van der Waals surface area contributed by atoms with E-state index in [0.717, 1.165) is 43.4 Å². The number of nitrogens with zero attached hydrogens (tertiary/aromatic N) is 3. The molecular weight excluding hydrogens is 460 g/mol. The number of nitrogens with one attached hydrogen (secondary N) is 1. The number of aromatic nitrogens is 2. The number of aryl methyl sites for hydroxylation is 1. The highest BCUT2D eigenvalue weighted by Crippen LogP contribution is 2.33. The first-order valence-electron chi connectivity index (χ1n) is 12.2. The molecule has 0 aliphatic heterocycles. The van der Waals surface area contributed by atoms with Gasteiger partial charge in [0.15, 0.2) is 5.16 Å². The molecule has 8 heteroatoms. The number of carbonyl (C=O) groups excluding carboxylic acids is 2. The molecular formula is C27H32N4O3S. The number of amides is 2. The van der Waals surface area contributed by atoms with Crippen LogP contribution >= 0.6 is 11.8 Å². The first-order valence-corrected chi connectivity index (χ1v) is 13.1. The zero-order valence-electron chi connectivity index (χ0n) is 20.5. The van der Waals surface area contributed by atoms with E-state index in [9.17, 15) is 14.4 Å². The molecule has 0 spiro atoms. The summed E-state index contributed by atoms with van der Waals surface area (Å²) in [6, 6.07) is 15.1. The van der Waals surface area contributed by atoms with Crippen molar-refractivity contribution in [3.05, 3.63) is 64.4 Å². The van der Waals surface area contributed by atoms with Crippen LogP contribution in [-0.2, 0) is 16.0 Å². The zero-order chi connectivity index (χ0) is 24.9. The molecule has 1 saturated carbocycles. The van der Waals surface area contributed by atoms with Crippen LogP contribution < -0.4 is 10.9 Å². The third kappa shape index (κ3) is 5.59. The highest BCUT2D eigenvalue weighted by molar-refractivity contribution is 8.00. The van der Waals surface area contributed by atoms with Crippen LogP contribution in [0.4, 0.5) is 5.69 Å². The average Bonchev–Trinajstić information content (AvgIpc) is 3.38. The zero-order valence-corrected chi connectivity index (χ0v) is 21.3. The second kappa shape index (κ2) is 11.1. The van der Waals surface area contributed by atoms with Crippen LogP contribution in [0.15, 0.2) is 58.5 Å². The van der Waals surface area contributed by atoms with Gasteiger partial charge < -0.3 is 10.2 Å². The lowest BCUT2D eigenvalue weighted by molar-refractivity contribution is -0.132. The van der Waals surface area contributed by atoms with Crippen LogP contribution in [-0.4, -0.2) is 45.1 Å². The summed E-state index contributed by atoms with van der Waals surface area (Å²) in [5.74, 6) is -0.431. The van der Waals surface area contributed by atoms with Crippen molar-refractivity contribution in [3.8, 4) is 0 Å². The molecule has 1 fully saturated rings. The summed E-state index contributed by atoms with van der Waals surface area (Å²) in [5, 5.41) is 3.58. The Hall–Kier alpha value is -3.13. The maximum Gasteiger partial charge on any atom is 0.262 e. The summed E-state index contributed by atoms with van der Waals surface area (Å²) in [4.78, 5) is 45.3. The Labute approximate surface area is 209 Å². The van der Waals surface area contributed by atoms with Crippen molar-refractivity contribution in [1.29, 1.82) is 0 Å². The Morgan fingerprint density at radius 2 is 1.83 bits per heavy atom. The van der Waals surface area contributed by atoms with E-state index >= 15 is 0 Å². The molecule has 0 unspecified atom stereocenters. The van der Waals surface area contributed by atoms with Crippen LogP contribution in [0, 0.1) is 0 Å². The van der Waals surface area contributed by atoms with E-state index in [1.165, 1.54) is 16.7 Å². The lowest BCUT2D eigenvalue weighted by Gasteiger charge is -2.23. The van der Waals surface area contributed by atoms with Crippen LogP contribution in [0.3, 0.4) is 0 Å². The molecule has 0 saturated heterocycles. The molecule has 3 aromatic rings. The summed E-state index contributed by atoms with van der Waals surface area (Å²) in [7, 11) is 1.63. The second-order valence-corrected chi connectivity index (χ2v) is 10.3. The van der Waals surface area contributed by atoms with Crippen molar-refractivity contribution in [3.63, 3.8) is 0 Å². The number of fused-ring (bicyclic) bond motifs is 1. The highest BCUT2D eigenvalue weighted by Gasteiger charge is 2.27. The predicted molar refractivity (Wildman–Crippen MR) is 141 cm³/mol. The fourth-order valence-electron chi connectivity index (χ4n) is 4.65. The minimum Gasteiger partial charge on any atom is -0.335 e. The third-order valence-electron chi connectivity index (χ3n) is 6.52. The number of thioether (sulfide) groups is 1. The SMILES string of the molecule is CCc1ccccc1NC(=O)CN(C)C(=O)[C@@H](C)Sc1nc2ccccc2c(=O)n1C1CCCC1. The molecule has 35 heavy (non-hydrogen) atoms. The van der Waals surface area contributed by atoms with Crippen LogP contribution in [0.1, 0.15) is 51.1 Å². The number of hydrogen-bond donors (Lipinski definition) is 1. The number of likely N-dealkylation sites (N-methyl/N-ethyl adjacent to an activating group) is 1. The minimum absolute atomic E-state index is 0.0491. The molecule has 1 atom stereocenters. The number of benzene rings is 2. The summed E-state index contributed by atoms with van der Waals surface area (Å²) >= 11 is 1.29. The van der Waals surface area contributed by atoms with E-state index in [1.807, 2.05) is 55.5 Å². The van der Waals surface area contributed by atoms with Gasteiger partial charge in [0.2, 0.25) is 11.8 Å². The lowest BCUT2D eigenvalue weighted by Crippen LogP contribution is -2.39. The average molecular weight is 493 g/mol. The van der Waals surface area contributed by atoms with Crippen molar-refractivity contribution < 1.29 is 9.59 Å². The molecule has 184 valence electrons. The molecule has 4 rings (SSSR count). The summed E-state index contributed by atoms with van der Waals surface area (Å²) in [6.07, 6.45) is 4.85.